The number of amides is 2. The van der Waals surface area contributed by atoms with Gasteiger partial charge in [-0.25, -0.2) is 4.39 Å². The molecule has 2 aromatic rings. The molecule has 2 amide bonds. The highest BCUT2D eigenvalue weighted by Crippen LogP contribution is 2.14. The molecule has 0 aliphatic carbocycles. The second kappa shape index (κ2) is 9.85. The predicted molar refractivity (Wildman–Crippen MR) is 111 cm³/mol. The van der Waals surface area contributed by atoms with Crippen LogP contribution in [0.5, 0.6) is 0 Å². The van der Waals surface area contributed by atoms with Gasteiger partial charge in [0.15, 0.2) is 0 Å². The van der Waals surface area contributed by atoms with Crippen molar-refractivity contribution in [3.05, 3.63) is 70.0 Å². The Kier molecular flexibility index (Phi) is 7.23. The molecule has 2 aromatic carbocycles. The minimum absolute atomic E-state index is 0.0415. The van der Waals surface area contributed by atoms with Crippen molar-refractivity contribution in [1.29, 1.82) is 0 Å². The fourth-order valence-electron chi connectivity index (χ4n) is 3.34. The van der Waals surface area contributed by atoms with Crippen molar-refractivity contribution in [3.63, 3.8) is 0 Å². The molecule has 0 unspecified atom stereocenters. The summed E-state index contributed by atoms with van der Waals surface area (Å²) in [5.41, 5.74) is 1.89. The zero-order valence-corrected chi connectivity index (χ0v) is 17.2. The average molecular weight is 418 g/mol. The summed E-state index contributed by atoms with van der Waals surface area (Å²) in [5, 5.41) is 3.38. The quantitative estimate of drug-likeness (QED) is 0.812. The number of nitrogens with zero attached hydrogens (tertiary/aromatic N) is 2. The molecule has 0 atom stereocenters. The lowest BCUT2D eigenvalue weighted by atomic mass is 10.1. The molecule has 1 N–H and O–H groups in total. The number of benzene rings is 2. The maximum absolute atomic E-state index is 13.6. The third-order valence-electron chi connectivity index (χ3n) is 5.04. The number of nitrogens with one attached hydrogen (secondary N) is 1. The third-order valence-corrected chi connectivity index (χ3v) is 5.28. The van der Waals surface area contributed by atoms with Crippen molar-refractivity contribution in [1.82, 2.24) is 15.1 Å². The van der Waals surface area contributed by atoms with Crippen LogP contribution in [-0.4, -0.2) is 54.3 Å². The maximum Gasteiger partial charge on any atom is 0.253 e. The van der Waals surface area contributed by atoms with Gasteiger partial charge in [-0.1, -0.05) is 29.8 Å². The lowest BCUT2D eigenvalue weighted by Crippen LogP contribution is -2.39. The summed E-state index contributed by atoms with van der Waals surface area (Å²) in [6.45, 7) is 4.83. The number of hydrogen-bond donors (Lipinski definition) is 1. The molecule has 5 nitrogen and oxygen atoms in total. The van der Waals surface area contributed by atoms with Gasteiger partial charge in [0.05, 0.1) is 6.54 Å². The lowest BCUT2D eigenvalue weighted by molar-refractivity contribution is -0.122. The zero-order valence-electron chi connectivity index (χ0n) is 16.5. The van der Waals surface area contributed by atoms with Crippen molar-refractivity contribution in [2.45, 2.75) is 19.9 Å². The average Bonchev–Trinajstić information content (AvgIpc) is 2.94. The van der Waals surface area contributed by atoms with E-state index in [1.54, 1.807) is 42.2 Å². The van der Waals surface area contributed by atoms with Gasteiger partial charge in [-0.2, -0.15) is 0 Å². The second-order valence-electron chi connectivity index (χ2n) is 7.29. The number of carbonyl (C=O) groups excluding carboxylic acids is 2. The number of aryl methyl sites for hydroxylation is 1. The Labute approximate surface area is 175 Å². The highest BCUT2D eigenvalue weighted by Gasteiger charge is 2.21. The van der Waals surface area contributed by atoms with Crippen LogP contribution < -0.4 is 5.32 Å². The Morgan fingerprint density at radius 1 is 1.10 bits per heavy atom. The van der Waals surface area contributed by atoms with Crippen LogP contribution in [0.15, 0.2) is 42.5 Å². The fraction of sp³-hybridized carbons (Fsp3) is 0.364. The minimum atomic E-state index is -0.270. The van der Waals surface area contributed by atoms with E-state index in [1.165, 1.54) is 6.07 Å². The molecule has 1 aliphatic rings. The van der Waals surface area contributed by atoms with Gasteiger partial charge in [0.1, 0.15) is 5.82 Å². The summed E-state index contributed by atoms with van der Waals surface area (Å²) in [4.78, 5) is 28.8. The fourth-order valence-corrected chi connectivity index (χ4v) is 3.53. The highest BCUT2D eigenvalue weighted by molar-refractivity contribution is 6.30. The van der Waals surface area contributed by atoms with Gasteiger partial charge in [0.25, 0.3) is 5.91 Å². The van der Waals surface area contributed by atoms with E-state index >= 15 is 0 Å². The van der Waals surface area contributed by atoms with Gasteiger partial charge < -0.3 is 10.2 Å². The van der Waals surface area contributed by atoms with Crippen LogP contribution in [0.1, 0.15) is 27.9 Å². The first-order chi connectivity index (χ1) is 13.9. The largest absolute Gasteiger partial charge is 0.351 e. The SMILES string of the molecule is Cc1ccc(CNC(=O)CN2CCCN(C(=O)c3cccc(Cl)c3)CC2)cc1F. The second-order valence-corrected chi connectivity index (χ2v) is 7.73. The normalized spacial score (nSPS) is 15.1. The minimum Gasteiger partial charge on any atom is -0.351 e. The van der Waals surface area contributed by atoms with E-state index in [1.807, 2.05) is 11.0 Å². The number of carbonyl (C=O) groups is 2. The van der Waals surface area contributed by atoms with Crippen LogP contribution in [-0.2, 0) is 11.3 Å². The van der Waals surface area contributed by atoms with Gasteiger partial charge >= 0.3 is 0 Å². The lowest BCUT2D eigenvalue weighted by Gasteiger charge is -2.22. The molecule has 3 rings (SSSR count). The Bertz CT molecular complexity index is 890. The van der Waals surface area contributed by atoms with Gasteiger partial charge in [-0.05, 0) is 48.7 Å². The van der Waals surface area contributed by atoms with Crippen molar-refractivity contribution < 1.29 is 14.0 Å². The first-order valence-corrected chi connectivity index (χ1v) is 10.1. The van der Waals surface area contributed by atoms with E-state index < -0.39 is 0 Å². The van der Waals surface area contributed by atoms with E-state index in [0.717, 1.165) is 18.5 Å². The summed E-state index contributed by atoms with van der Waals surface area (Å²) >= 11 is 5.99. The van der Waals surface area contributed by atoms with E-state index in [0.29, 0.717) is 42.3 Å². The van der Waals surface area contributed by atoms with Gasteiger partial charge in [0, 0.05) is 43.3 Å². The van der Waals surface area contributed by atoms with E-state index in [9.17, 15) is 14.0 Å². The van der Waals surface area contributed by atoms with Crippen LogP contribution in [0.4, 0.5) is 4.39 Å². The molecule has 7 heteroatoms. The summed E-state index contributed by atoms with van der Waals surface area (Å²) in [5.74, 6) is -0.422. The molecular weight excluding hydrogens is 393 g/mol. The van der Waals surface area contributed by atoms with E-state index in [-0.39, 0.29) is 24.2 Å². The molecule has 154 valence electrons. The smallest absolute Gasteiger partial charge is 0.253 e. The molecule has 1 saturated heterocycles. The van der Waals surface area contributed by atoms with Crippen molar-refractivity contribution >= 4 is 23.4 Å². The molecule has 0 radical (unpaired) electrons. The Morgan fingerprint density at radius 2 is 1.93 bits per heavy atom. The summed E-state index contributed by atoms with van der Waals surface area (Å²) in [6, 6.07) is 11.9. The first-order valence-electron chi connectivity index (χ1n) is 9.71. The highest BCUT2D eigenvalue weighted by atomic mass is 35.5. The van der Waals surface area contributed by atoms with Crippen LogP contribution in [0.3, 0.4) is 0 Å². The topological polar surface area (TPSA) is 52.7 Å². The molecule has 1 aliphatic heterocycles. The molecular formula is C22H25ClFN3O2. The molecule has 1 heterocycles. The van der Waals surface area contributed by atoms with Crippen molar-refractivity contribution in [2.75, 3.05) is 32.7 Å². The summed E-state index contributed by atoms with van der Waals surface area (Å²) in [6.07, 6.45) is 0.794. The van der Waals surface area contributed by atoms with Crippen molar-refractivity contribution in [3.8, 4) is 0 Å². The molecule has 29 heavy (non-hydrogen) atoms. The Morgan fingerprint density at radius 3 is 2.69 bits per heavy atom. The summed E-state index contributed by atoms with van der Waals surface area (Å²) < 4.78 is 13.6. The van der Waals surface area contributed by atoms with Crippen LogP contribution in [0, 0.1) is 12.7 Å². The molecule has 0 spiro atoms. The Hall–Kier alpha value is -2.44. The van der Waals surface area contributed by atoms with Gasteiger partial charge in [0.2, 0.25) is 5.91 Å². The summed E-state index contributed by atoms with van der Waals surface area (Å²) in [7, 11) is 0. The van der Waals surface area contributed by atoms with E-state index in [2.05, 4.69) is 5.32 Å². The Balaban J connectivity index is 1.48. The molecule has 0 aromatic heterocycles. The maximum atomic E-state index is 13.6. The molecule has 0 saturated carbocycles. The van der Waals surface area contributed by atoms with Gasteiger partial charge in [-0.3, -0.25) is 14.5 Å². The number of rotatable bonds is 5. The zero-order chi connectivity index (χ0) is 20.8. The first kappa shape index (κ1) is 21.3. The number of hydrogen-bond acceptors (Lipinski definition) is 3. The van der Waals surface area contributed by atoms with E-state index in [4.69, 9.17) is 11.6 Å². The molecule has 1 fully saturated rings. The van der Waals surface area contributed by atoms with Crippen LogP contribution in [0.25, 0.3) is 0 Å². The predicted octanol–water partition coefficient (Wildman–Crippen LogP) is 3.25. The van der Waals surface area contributed by atoms with Crippen LogP contribution >= 0.6 is 11.6 Å². The third kappa shape index (κ3) is 6.02. The van der Waals surface area contributed by atoms with Gasteiger partial charge in [-0.15, -0.1) is 0 Å². The monoisotopic (exact) mass is 417 g/mol. The standard InChI is InChI=1S/C22H25ClFN3O2/c1-16-6-7-17(12-20(16)24)14-25-21(28)15-26-8-3-9-27(11-10-26)22(29)18-4-2-5-19(23)13-18/h2,4-7,12-13H,3,8-11,14-15H2,1H3,(H,25,28). The number of halogens is 2. The van der Waals surface area contributed by atoms with Crippen LogP contribution in [0.2, 0.25) is 5.02 Å². The van der Waals surface area contributed by atoms with Crippen molar-refractivity contribution in [2.24, 2.45) is 0 Å². The molecule has 0 bridgehead atoms.